The molecule has 0 saturated heterocycles. The largest absolute Gasteiger partial charge is 0.449 e. The molecule has 1 aliphatic heterocycles. The number of nitrogens with one attached hydrogen (secondary N) is 1. The number of nitrogens with zero attached hydrogens (tertiary/aromatic N) is 4. The van der Waals surface area contributed by atoms with Crippen molar-refractivity contribution in [2.24, 2.45) is 0 Å². The van der Waals surface area contributed by atoms with E-state index in [0.29, 0.717) is 24.3 Å². The molecule has 2 aromatic heterocycles. The summed E-state index contributed by atoms with van der Waals surface area (Å²) in [5.41, 5.74) is 6.52. The molecule has 0 amide bonds. The van der Waals surface area contributed by atoms with E-state index in [1.54, 1.807) is 0 Å². The van der Waals surface area contributed by atoms with E-state index in [1.165, 1.54) is 17.0 Å². The summed E-state index contributed by atoms with van der Waals surface area (Å²) in [5.74, 6) is -0.822. The highest BCUT2D eigenvalue weighted by Crippen LogP contribution is 2.34. The number of aromatic nitrogens is 4. The van der Waals surface area contributed by atoms with Gasteiger partial charge in [0, 0.05) is 37.6 Å². The van der Waals surface area contributed by atoms with Gasteiger partial charge in [-0.05, 0) is 0 Å². The molecule has 3 heterocycles. The van der Waals surface area contributed by atoms with E-state index in [0.717, 1.165) is 0 Å². The third-order valence-electron chi connectivity index (χ3n) is 3.08. The molecule has 0 saturated carbocycles. The standard InChI is InChI=1S/C11H11F3N6/c12-11(13,14)9-19-8(6-3-17-10(15)18-4-6)7-5-16-1-2-20(7)9/h3-4,16H,1-2,5H2,(H2,15,17,18). The number of hydrogen-bond acceptors (Lipinski definition) is 5. The molecule has 1 aliphatic rings. The molecule has 106 valence electrons. The minimum absolute atomic E-state index is 0.0657. The van der Waals surface area contributed by atoms with E-state index in [-0.39, 0.29) is 18.2 Å². The number of alkyl halides is 3. The van der Waals surface area contributed by atoms with Crippen LogP contribution in [0, 0.1) is 0 Å². The summed E-state index contributed by atoms with van der Waals surface area (Å²) < 4.78 is 40.2. The summed E-state index contributed by atoms with van der Waals surface area (Å²) in [4.78, 5) is 11.3. The smallest absolute Gasteiger partial charge is 0.368 e. The van der Waals surface area contributed by atoms with Crippen LogP contribution in [0.2, 0.25) is 0 Å². The molecule has 20 heavy (non-hydrogen) atoms. The Kier molecular flexibility index (Phi) is 2.85. The minimum atomic E-state index is -4.49. The molecule has 0 fully saturated rings. The lowest BCUT2D eigenvalue weighted by Gasteiger charge is -2.19. The monoisotopic (exact) mass is 284 g/mol. The maximum absolute atomic E-state index is 13.0. The van der Waals surface area contributed by atoms with Crippen LogP contribution in [0.15, 0.2) is 12.4 Å². The average Bonchev–Trinajstić information content (AvgIpc) is 2.79. The van der Waals surface area contributed by atoms with Crippen LogP contribution in [0.3, 0.4) is 0 Å². The Hall–Kier alpha value is -2.16. The fraction of sp³-hybridized carbons (Fsp3) is 0.364. The van der Waals surface area contributed by atoms with Crippen molar-refractivity contribution in [3.05, 3.63) is 23.9 Å². The van der Waals surface area contributed by atoms with Crippen LogP contribution in [-0.4, -0.2) is 26.1 Å². The third-order valence-corrected chi connectivity index (χ3v) is 3.08. The third kappa shape index (κ3) is 2.09. The van der Waals surface area contributed by atoms with E-state index in [9.17, 15) is 13.2 Å². The molecular weight excluding hydrogens is 273 g/mol. The van der Waals surface area contributed by atoms with Crippen molar-refractivity contribution in [2.75, 3.05) is 12.3 Å². The number of halogens is 3. The zero-order chi connectivity index (χ0) is 14.3. The summed E-state index contributed by atoms with van der Waals surface area (Å²) in [5, 5.41) is 3.03. The fourth-order valence-corrected chi connectivity index (χ4v) is 2.21. The Morgan fingerprint density at radius 2 is 1.95 bits per heavy atom. The van der Waals surface area contributed by atoms with Gasteiger partial charge in [-0.25, -0.2) is 15.0 Å². The first-order valence-corrected chi connectivity index (χ1v) is 5.92. The number of fused-ring (bicyclic) bond motifs is 1. The van der Waals surface area contributed by atoms with E-state index in [1.807, 2.05) is 0 Å². The van der Waals surface area contributed by atoms with E-state index < -0.39 is 12.0 Å². The maximum atomic E-state index is 13.0. The molecule has 0 aliphatic carbocycles. The quantitative estimate of drug-likeness (QED) is 0.818. The van der Waals surface area contributed by atoms with Gasteiger partial charge in [-0.3, -0.25) is 0 Å². The fourth-order valence-electron chi connectivity index (χ4n) is 2.21. The van der Waals surface area contributed by atoms with E-state index in [4.69, 9.17) is 5.73 Å². The molecule has 0 radical (unpaired) electrons. The Morgan fingerprint density at radius 3 is 2.60 bits per heavy atom. The molecule has 3 rings (SSSR count). The van der Waals surface area contributed by atoms with Crippen LogP contribution in [0.5, 0.6) is 0 Å². The number of imidazole rings is 1. The lowest BCUT2D eigenvalue weighted by molar-refractivity contribution is -0.147. The lowest BCUT2D eigenvalue weighted by atomic mass is 10.2. The molecule has 0 atom stereocenters. The van der Waals surface area contributed by atoms with Gasteiger partial charge in [-0.2, -0.15) is 13.2 Å². The van der Waals surface area contributed by atoms with Crippen molar-refractivity contribution >= 4 is 5.95 Å². The van der Waals surface area contributed by atoms with Crippen LogP contribution >= 0.6 is 0 Å². The van der Waals surface area contributed by atoms with Crippen molar-refractivity contribution < 1.29 is 13.2 Å². The molecule has 0 unspecified atom stereocenters. The van der Waals surface area contributed by atoms with Crippen molar-refractivity contribution in [3.8, 4) is 11.3 Å². The summed E-state index contributed by atoms with van der Waals surface area (Å²) >= 11 is 0. The average molecular weight is 284 g/mol. The second-order valence-electron chi connectivity index (χ2n) is 4.39. The number of nitrogens with two attached hydrogens (primary N) is 1. The van der Waals surface area contributed by atoms with Gasteiger partial charge in [0.2, 0.25) is 11.8 Å². The Labute approximate surface area is 111 Å². The molecule has 0 spiro atoms. The highest BCUT2D eigenvalue weighted by Gasteiger charge is 2.39. The van der Waals surface area contributed by atoms with Crippen molar-refractivity contribution in [3.63, 3.8) is 0 Å². The zero-order valence-electron chi connectivity index (χ0n) is 10.3. The summed E-state index contributed by atoms with van der Waals surface area (Å²) in [6.07, 6.45) is -1.74. The molecular formula is C11H11F3N6. The first kappa shape index (κ1) is 12.9. The van der Waals surface area contributed by atoms with Gasteiger partial charge in [-0.15, -0.1) is 0 Å². The Balaban J connectivity index is 2.16. The SMILES string of the molecule is Nc1ncc(-c2nc(C(F)(F)F)n3c2CNCC3)cn1. The van der Waals surface area contributed by atoms with Crippen LogP contribution in [-0.2, 0) is 19.3 Å². The molecule has 0 aromatic carbocycles. The maximum Gasteiger partial charge on any atom is 0.449 e. The van der Waals surface area contributed by atoms with E-state index in [2.05, 4.69) is 20.3 Å². The number of hydrogen-bond donors (Lipinski definition) is 2. The van der Waals surface area contributed by atoms with Crippen LogP contribution in [0.25, 0.3) is 11.3 Å². The van der Waals surface area contributed by atoms with Crippen LogP contribution in [0.1, 0.15) is 11.5 Å². The first-order valence-electron chi connectivity index (χ1n) is 5.92. The van der Waals surface area contributed by atoms with Gasteiger partial charge >= 0.3 is 6.18 Å². The number of anilines is 1. The molecule has 0 bridgehead atoms. The van der Waals surface area contributed by atoms with Gasteiger partial charge in [-0.1, -0.05) is 0 Å². The second-order valence-corrected chi connectivity index (χ2v) is 4.39. The second kappa shape index (κ2) is 4.44. The van der Waals surface area contributed by atoms with Crippen LogP contribution < -0.4 is 11.1 Å². The number of nitrogen functional groups attached to an aromatic ring is 1. The lowest BCUT2D eigenvalue weighted by Crippen LogP contribution is -2.30. The van der Waals surface area contributed by atoms with Crippen molar-refractivity contribution in [1.29, 1.82) is 0 Å². The van der Waals surface area contributed by atoms with E-state index >= 15 is 0 Å². The van der Waals surface area contributed by atoms with Gasteiger partial charge in [0.1, 0.15) is 0 Å². The zero-order valence-corrected chi connectivity index (χ0v) is 10.3. The minimum Gasteiger partial charge on any atom is -0.368 e. The van der Waals surface area contributed by atoms with Gasteiger partial charge in [0.05, 0.1) is 11.4 Å². The predicted octanol–water partition coefficient (Wildman–Crippen LogP) is 1.04. The molecule has 9 heteroatoms. The highest BCUT2D eigenvalue weighted by molar-refractivity contribution is 5.61. The summed E-state index contributed by atoms with van der Waals surface area (Å²) in [6.45, 7) is 1.03. The normalized spacial score (nSPS) is 15.2. The van der Waals surface area contributed by atoms with Gasteiger partial charge < -0.3 is 15.6 Å². The van der Waals surface area contributed by atoms with Crippen molar-refractivity contribution in [1.82, 2.24) is 24.8 Å². The molecule has 3 N–H and O–H groups in total. The van der Waals surface area contributed by atoms with Crippen molar-refractivity contribution in [2.45, 2.75) is 19.3 Å². The predicted molar refractivity (Wildman–Crippen MR) is 64.4 cm³/mol. The molecule has 2 aromatic rings. The topological polar surface area (TPSA) is 81.6 Å². The first-order chi connectivity index (χ1) is 9.47. The summed E-state index contributed by atoms with van der Waals surface area (Å²) in [6, 6.07) is 0. The highest BCUT2D eigenvalue weighted by atomic mass is 19.4. The summed E-state index contributed by atoms with van der Waals surface area (Å²) in [7, 11) is 0. The molecule has 6 nitrogen and oxygen atoms in total. The van der Waals surface area contributed by atoms with Gasteiger partial charge in [0.25, 0.3) is 0 Å². The van der Waals surface area contributed by atoms with Gasteiger partial charge in [0.15, 0.2) is 0 Å². The Morgan fingerprint density at radius 1 is 1.25 bits per heavy atom. The Bertz CT molecular complexity index is 631. The van der Waals surface area contributed by atoms with Crippen LogP contribution in [0.4, 0.5) is 19.1 Å². The number of rotatable bonds is 1.